The van der Waals surface area contributed by atoms with E-state index < -0.39 is 28.5 Å². The summed E-state index contributed by atoms with van der Waals surface area (Å²) in [4.78, 5) is 28.6. The molecule has 0 aliphatic rings. The first-order valence-corrected chi connectivity index (χ1v) is 16.4. The van der Waals surface area contributed by atoms with Crippen LogP contribution < -0.4 is 19.1 Å². The van der Waals surface area contributed by atoms with Crippen LogP contribution in [0.1, 0.15) is 43.4 Å². The summed E-state index contributed by atoms with van der Waals surface area (Å²) in [5.41, 5.74) is 2.35. The number of hydrogen-bond acceptors (Lipinski definition) is 6. The maximum absolute atomic E-state index is 14.3. The lowest BCUT2D eigenvalue weighted by Crippen LogP contribution is -2.51. The van der Waals surface area contributed by atoms with E-state index in [1.165, 1.54) is 37.3 Å². The van der Waals surface area contributed by atoms with Crippen LogP contribution in [-0.2, 0) is 26.2 Å². The molecule has 0 spiro atoms. The molecule has 0 aliphatic carbocycles. The van der Waals surface area contributed by atoms with Crippen molar-refractivity contribution >= 4 is 50.7 Å². The minimum Gasteiger partial charge on any atom is -0.493 e. The third kappa shape index (κ3) is 8.37. The molecule has 12 heteroatoms. The number of aryl methyl sites for hydroxylation is 2. The molecule has 9 nitrogen and oxygen atoms in total. The van der Waals surface area contributed by atoms with Gasteiger partial charge in [0.15, 0.2) is 11.5 Å². The zero-order chi connectivity index (χ0) is 32.6. The van der Waals surface area contributed by atoms with Gasteiger partial charge in [0.05, 0.1) is 24.8 Å². The Kier molecular flexibility index (Phi) is 12.3. The van der Waals surface area contributed by atoms with Crippen molar-refractivity contribution in [3.63, 3.8) is 0 Å². The smallest absolute Gasteiger partial charge is 0.264 e. The fraction of sp³-hybridized carbons (Fsp3) is 0.375. The Bertz CT molecular complexity index is 1560. The molecule has 0 bridgehead atoms. The van der Waals surface area contributed by atoms with E-state index in [1.807, 2.05) is 26.8 Å². The molecule has 1 atom stereocenters. The number of sulfonamides is 1. The number of benzene rings is 3. The zero-order valence-corrected chi connectivity index (χ0v) is 28.1. The largest absolute Gasteiger partial charge is 0.493 e. The number of hydrogen-bond donors (Lipinski definition) is 1. The monoisotopic (exact) mass is 663 g/mol. The lowest BCUT2D eigenvalue weighted by molar-refractivity contribution is -0.139. The van der Waals surface area contributed by atoms with Crippen LogP contribution in [0.15, 0.2) is 59.5 Å². The molecule has 3 aromatic rings. The van der Waals surface area contributed by atoms with Gasteiger partial charge in [0.25, 0.3) is 10.0 Å². The van der Waals surface area contributed by atoms with Crippen LogP contribution in [0, 0.1) is 13.8 Å². The first-order valence-electron chi connectivity index (χ1n) is 14.2. The lowest BCUT2D eigenvalue weighted by atomic mass is 10.1. The number of rotatable bonds is 14. The maximum atomic E-state index is 14.3. The van der Waals surface area contributed by atoms with Gasteiger partial charge in [-0.25, -0.2) is 8.42 Å². The Labute approximate surface area is 270 Å². The topological polar surface area (TPSA) is 105 Å². The number of anilines is 1. The summed E-state index contributed by atoms with van der Waals surface area (Å²) < 4.78 is 40.2. The Balaban J connectivity index is 2.12. The average Bonchev–Trinajstić information content (AvgIpc) is 2.98. The summed E-state index contributed by atoms with van der Waals surface area (Å²) in [5.74, 6) is -0.433. The van der Waals surface area contributed by atoms with Crippen molar-refractivity contribution in [3.8, 4) is 11.5 Å². The van der Waals surface area contributed by atoms with Crippen molar-refractivity contribution in [2.45, 2.75) is 58.0 Å². The molecule has 238 valence electrons. The molecule has 1 N–H and O–H groups in total. The molecular weight excluding hydrogens is 625 g/mol. The molecule has 2 amide bonds. The molecule has 0 aromatic heterocycles. The molecule has 0 unspecified atom stereocenters. The van der Waals surface area contributed by atoms with Crippen LogP contribution in [-0.4, -0.2) is 58.5 Å². The fourth-order valence-electron chi connectivity index (χ4n) is 4.70. The summed E-state index contributed by atoms with van der Waals surface area (Å²) in [6.07, 6.45) is 1.65. The number of nitrogens with one attached hydrogen (secondary N) is 1. The number of nitrogens with zero attached hydrogens (tertiary/aromatic N) is 2. The molecule has 44 heavy (non-hydrogen) atoms. The molecule has 3 rings (SSSR count). The minimum absolute atomic E-state index is 0.104. The fourth-order valence-corrected chi connectivity index (χ4v) is 6.63. The second kappa shape index (κ2) is 15.5. The second-order valence-corrected chi connectivity index (χ2v) is 13.1. The molecule has 3 aromatic carbocycles. The van der Waals surface area contributed by atoms with Gasteiger partial charge in [0.2, 0.25) is 11.8 Å². The molecule has 0 fully saturated rings. The van der Waals surface area contributed by atoms with E-state index in [1.54, 1.807) is 37.3 Å². The highest BCUT2D eigenvalue weighted by molar-refractivity contribution is 7.92. The highest BCUT2D eigenvalue weighted by Crippen LogP contribution is 2.33. The zero-order valence-electron chi connectivity index (χ0n) is 25.8. The van der Waals surface area contributed by atoms with Gasteiger partial charge in [-0.05, 0) is 74.7 Å². The van der Waals surface area contributed by atoms with Gasteiger partial charge in [-0.15, -0.1) is 0 Å². The number of halogens is 2. The van der Waals surface area contributed by atoms with Gasteiger partial charge < -0.3 is 19.7 Å². The summed E-state index contributed by atoms with van der Waals surface area (Å²) in [5, 5.41) is 3.49. The number of carbonyl (C=O) groups excluding carboxylic acids is 2. The van der Waals surface area contributed by atoms with Gasteiger partial charge in [0.1, 0.15) is 12.6 Å². The van der Waals surface area contributed by atoms with Crippen molar-refractivity contribution in [3.05, 3.63) is 81.3 Å². The average molecular weight is 665 g/mol. The first-order chi connectivity index (χ1) is 20.8. The van der Waals surface area contributed by atoms with Crippen LogP contribution in [0.25, 0.3) is 0 Å². The molecule has 0 radical (unpaired) electrons. The van der Waals surface area contributed by atoms with Crippen molar-refractivity contribution in [2.24, 2.45) is 0 Å². The van der Waals surface area contributed by atoms with Crippen LogP contribution in [0.2, 0.25) is 10.0 Å². The van der Waals surface area contributed by atoms with E-state index >= 15 is 0 Å². The number of carbonyl (C=O) groups is 2. The van der Waals surface area contributed by atoms with Gasteiger partial charge in [-0.1, -0.05) is 48.7 Å². The Morgan fingerprint density at radius 2 is 1.55 bits per heavy atom. The lowest BCUT2D eigenvalue weighted by Gasteiger charge is -2.32. The molecule has 0 saturated carbocycles. The van der Waals surface area contributed by atoms with Crippen molar-refractivity contribution in [1.82, 2.24) is 10.2 Å². The summed E-state index contributed by atoms with van der Waals surface area (Å²) >= 11 is 12.9. The first kappa shape index (κ1) is 35.0. The Hall–Kier alpha value is -3.47. The van der Waals surface area contributed by atoms with E-state index in [0.717, 1.165) is 28.3 Å². The summed E-state index contributed by atoms with van der Waals surface area (Å²) in [6.45, 7) is 7.00. The van der Waals surface area contributed by atoms with Gasteiger partial charge in [-0.2, -0.15) is 0 Å². The van der Waals surface area contributed by atoms with E-state index in [2.05, 4.69) is 5.32 Å². The maximum Gasteiger partial charge on any atom is 0.264 e. The van der Waals surface area contributed by atoms with E-state index in [-0.39, 0.29) is 23.1 Å². The third-order valence-corrected chi connectivity index (χ3v) is 9.58. The van der Waals surface area contributed by atoms with E-state index in [9.17, 15) is 18.0 Å². The minimum atomic E-state index is -4.33. The number of unbranched alkanes of at least 4 members (excludes halogenated alkanes) is 1. The van der Waals surface area contributed by atoms with Crippen molar-refractivity contribution in [1.29, 1.82) is 0 Å². The number of ether oxygens (including phenoxy) is 2. The highest BCUT2D eigenvalue weighted by atomic mass is 35.5. The summed E-state index contributed by atoms with van der Waals surface area (Å²) in [6, 6.07) is 13.5. The van der Waals surface area contributed by atoms with E-state index in [4.69, 9.17) is 32.7 Å². The number of methoxy groups -OCH3 is 2. The quantitative estimate of drug-likeness (QED) is 0.207. The molecular formula is C32H39Cl2N3O6S. The second-order valence-electron chi connectivity index (χ2n) is 10.4. The van der Waals surface area contributed by atoms with E-state index in [0.29, 0.717) is 33.6 Å². The number of amides is 2. The predicted molar refractivity (Wildman–Crippen MR) is 174 cm³/mol. The highest BCUT2D eigenvalue weighted by Gasteiger charge is 2.33. The molecule has 0 heterocycles. The summed E-state index contributed by atoms with van der Waals surface area (Å²) in [7, 11) is -1.47. The standard InChI is InChI=1S/C32H39Cl2N3O6S/c1-7-8-14-35-32(39)23(4)36(19-26-27(33)10-9-11-28(26)34)31(38)20-37(24-16-21(2)15-22(3)17-24)44(40,41)25-12-13-29(42-5)30(18-25)43-6/h9-13,15-18,23H,7-8,14,19-20H2,1-6H3,(H,35,39)/t23-/m0/s1. The SMILES string of the molecule is CCCCNC(=O)[C@H](C)N(Cc1c(Cl)cccc1Cl)C(=O)CN(c1cc(C)cc(C)c1)S(=O)(=O)c1ccc(OC)c(OC)c1. The van der Waals surface area contributed by atoms with Gasteiger partial charge >= 0.3 is 0 Å². The van der Waals surface area contributed by atoms with Crippen molar-refractivity contribution in [2.75, 3.05) is 31.6 Å². The predicted octanol–water partition coefficient (Wildman–Crippen LogP) is 6.16. The Morgan fingerprint density at radius 1 is 0.932 bits per heavy atom. The molecule has 0 aliphatic heterocycles. The van der Waals surface area contributed by atoms with Crippen LogP contribution in [0.4, 0.5) is 5.69 Å². The molecule has 0 saturated heterocycles. The van der Waals surface area contributed by atoms with Gasteiger partial charge in [-0.3, -0.25) is 13.9 Å². The van der Waals surface area contributed by atoms with Crippen LogP contribution >= 0.6 is 23.2 Å². The normalized spacial score (nSPS) is 11.9. The van der Waals surface area contributed by atoms with Crippen LogP contribution in [0.3, 0.4) is 0 Å². The van der Waals surface area contributed by atoms with Crippen molar-refractivity contribution < 1.29 is 27.5 Å². The van der Waals surface area contributed by atoms with Gasteiger partial charge in [0, 0.05) is 34.8 Å². The third-order valence-electron chi connectivity index (χ3n) is 7.10. The van der Waals surface area contributed by atoms with Crippen LogP contribution in [0.5, 0.6) is 11.5 Å². The Morgan fingerprint density at radius 3 is 2.11 bits per heavy atom.